The van der Waals surface area contributed by atoms with Gasteiger partial charge >= 0.3 is 0 Å². The summed E-state index contributed by atoms with van der Waals surface area (Å²) in [6.45, 7) is 2.05. The van der Waals surface area contributed by atoms with E-state index >= 15 is 0 Å². The minimum atomic E-state index is 0.0823. The number of rotatable bonds is 1. The molecule has 80 valence electrons. The van der Waals surface area contributed by atoms with Crippen LogP contribution in [-0.2, 0) is 4.79 Å². The van der Waals surface area contributed by atoms with Crippen LogP contribution in [0.2, 0.25) is 0 Å². The Morgan fingerprint density at radius 2 is 2.33 bits per heavy atom. The van der Waals surface area contributed by atoms with Crippen LogP contribution in [0, 0.1) is 0 Å². The minimum Gasteiger partial charge on any atom is -0.497 e. The van der Waals surface area contributed by atoms with E-state index in [4.69, 9.17) is 4.74 Å². The maximum absolute atomic E-state index is 11.5. The molecule has 3 nitrogen and oxygen atoms in total. The molecule has 0 bridgehead atoms. The van der Waals surface area contributed by atoms with Gasteiger partial charge in [0.2, 0.25) is 5.91 Å². The van der Waals surface area contributed by atoms with Crippen LogP contribution in [0.25, 0.3) is 0 Å². The van der Waals surface area contributed by atoms with Crippen molar-refractivity contribution in [3.05, 3.63) is 18.2 Å². The summed E-state index contributed by atoms with van der Waals surface area (Å²) in [5.41, 5.74) is 0.884. The van der Waals surface area contributed by atoms with Crippen molar-refractivity contribution in [2.45, 2.75) is 23.5 Å². The highest BCUT2D eigenvalue weighted by Crippen LogP contribution is 2.37. The van der Waals surface area contributed by atoms with Gasteiger partial charge in [0.15, 0.2) is 0 Å². The molecule has 0 saturated carbocycles. The van der Waals surface area contributed by atoms with Crippen LogP contribution in [0.5, 0.6) is 5.75 Å². The summed E-state index contributed by atoms with van der Waals surface area (Å²) in [6, 6.07) is 5.70. The first-order valence-electron chi connectivity index (χ1n) is 4.83. The van der Waals surface area contributed by atoms with Crippen molar-refractivity contribution in [3.63, 3.8) is 0 Å². The quantitative estimate of drug-likeness (QED) is 0.795. The van der Waals surface area contributed by atoms with Gasteiger partial charge in [0.1, 0.15) is 5.75 Å². The number of anilines is 1. The van der Waals surface area contributed by atoms with Crippen molar-refractivity contribution in [1.82, 2.24) is 0 Å². The molecule has 1 unspecified atom stereocenters. The van der Waals surface area contributed by atoms with E-state index in [0.29, 0.717) is 11.7 Å². The highest BCUT2D eigenvalue weighted by Gasteiger charge is 2.18. The molecule has 0 radical (unpaired) electrons. The van der Waals surface area contributed by atoms with E-state index in [1.165, 1.54) is 0 Å². The van der Waals surface area contributed by atoms with Gasteiger partial charge in [-0.05, 0) is 18.2 Å². The Balaban J connectivity index is 2.37. The summed E-state index contributed by atoms with van der Waals surface area (Å²) in [5.74, 6) is 0.906. The van der Waals surface area contributed by atoms with Crippen molar-refractivity contribution in [2.24, 2.45) is 0 Å². The Morgan fingerprint density at radius 3 is 3.07 bits per heavy atom. The van der Waals surface area contributed by atoms with Crippen molar-refractivity contribution >= 4 is 23.4 Å². The predicted octanol–water partition coefficient (Wildman–Crippen LogP) is 2.52. The predicted molar refractivity (Wildman–Crippen MR) is 61.6 cm³/mol. The fourth-order valence-electron chi connectivity index (χ4n) is 1.55. The number of carbonyl (C=O) groups excluding carboxylic acids is 1. The molecule has 15 heavy (non-hydrogen) atoms. The lowest BCUT2D eigenvalue weighted by Gasteiger charge is -2.08. The molecule has 1 amide bonds. The molecule has 1 N–H and O–H groups in total. The molecule has 1 aromatic carbocycles. The lowest BCUT2D eigenvalue weighted by Crippen LogP contribution is -2.13. The molecule has 1 aliphatic heterocycles. The van der Waals surface area contributed by atoms with E-state index < -0.39 is 0 Å². The van der Waals surface area contributed by atoms with Gasteiger partial charge in [0.05, 0.1) is 12.8 Å². The zero-order valence-corrected chi connectivity index (χ0v) is 9.56. The van der Waals surface area contributed by atoms with Crippen LogP contribution >= 0.6 is 11.8 Å². The largest absolute Gasteiger partial charge is 0.497 e. The van der Waals surface area contributed by atoms with Crippen LogP contribution in [0.1, 0.15) is 13.3 Å². The van der Waals surface area contributed by atoms with Crippen molar-refractivity contribution < 1.29 is 9.53 Å². The number of fused-ring (bicyclic) bond motifs is 1. The summed E-state index contributed by atoms with van der Waals surface area (Å²) in [5, 5.41) is 3.19. The third-order valence-corrected chi connectivity index (χ3v) is 3.42. The lowest BCUT2D eigenvalue weighted by atomic mass is 10.2. The summed E-state index contributed by atoms with van der Waals surface area (Å²) in [6.07, 6.45) is 0.557. The van der Waals surface area contributed by atoms with Gasteiger partial charge in [-0.1, -0.05) is 6.92 Å². The first-order chi connectivity index (χ1) is 7.19. The van der Waals surface area contributed by atoms with Gasteiger partial charge in [0, 0.05) is 16.6 Å². The van der Waals surface area contributed by atoms with Gasteiger partial charge in [-0.25, -0.2) is 0 Å². The normalized spacial score (nSPS) is 20.1. The Hall–Kier alpha value is -1.16. The van der Waals surface area contributed by atoms with Gasteiger partial charge < -0.3 is 10.1 Å². The zero-order chi connectivity index (χ0) is 10.8. The van der Waals surface area contributed by atoms with Crippen LogP contribution < -0.4 is 10.1 Å². The molecule has 0 aromatic heterocycles. The zero-order valence-electron chi connectivity index (χ0n) is 8.74. The van der Waals surface area contributed by atoms with Crippen molar-refractivity contribution in [1.29, 1.82) is 0 Å². The molecule has 0 saturated heterocycles. The molecule has 0 aliphatic carbocycles. The molecular formula is C11H13NO2S. The van der Waals surface area contributed by atoms with Gasteiger partial charge in [-0.3, -0.25) is 4.79 Å². The van der Waals surface area contributed by atoms with Crippen LogP contribution in [0.3, 0.4) is 0 Å². The molecule has 1 heterocycles. The van der Waals surface area contributed by atoms with E-state index in [0.717, 1.165) is 16.3 Å². The Morgan fingerprint density at radius 1 is 1.53 bits per heavy atom. The molecule has 0 fully saturated rings. The Bertz CT molecular complexity index is 392. The second-order valence-electron chi connectivity index (χ2n) is 3.54. The topological polar surface area (TPSA) is 38.3 Å². The van der Waals surface area contributed by atoms with E-state index in [9.17, 15) is 4.79 Å². The maximum atomic E-state index is 11.5. The number of ether oxygens (including phenoxy) is 1. The molecule has 1 aliphatic rings. The van der Waals surface area contributed by atoms with Gasteiger partial charge in [-0.2, -0.15) is 0 Å². The second kappa shape index (κ2) is 4.14. The third kappa shape index (κ3) is 2.26. The lowest BCUT2D eigenvalue weighted by molar-refractivity contribution is -0.116. The number of benzene rings is 1. The van der Waals surface area contributed by atoms with Crippen molar-refractivity contribution in [3.8, 4) is 5.75 Å². The Kier molecular flexibility index (Phi) is 2.86. The highest BCUT2D eigenvalue weighted by atomic mass is 32.2. The number of amides is 1. The van der Waals surface area contributed by atoms with E-state index in [1.54, 1.807) is 18.9 Å². The average Bonchev–Trinajstić information content (AvgIpc) is 2.33. The molecule has 2 rings (SSSR count). The fourth-order valence-corrected chi connectivity index (χ4v) is 2.65. The molecule has 4 heteroatoms. The summed E-state index contributed by atoms with van der Waals surface area (Å²) in [7, 11) is 1.64. The van der Waals surface area contributed by atoms with Crippen LogP contribution in [-0.4, -0.2) is 18.3 Å². The summed E-state index contributed by atoms with van der Waals surface area (Å²) in [4.78, 5) is 12.5. The Labute approximate surface area is 93.2 Å². The molecule has 1 aromatic rings. The van der Waals surface area contributed by atoms with Crippen LogP contribution in [0.4, 0.5) is 5.69 Å². The first-order valence-corrected chi connectivity index (χ1v) is 5.71. The average molecular weight is 223 g/mol. The van der Waals surface area contributed by atoms with E-state index in [1.807, 2.05) is 18.2 Å². The standard InChI is InChI=1S/C11H13NO2S/c1-7-5-11(13)12-9-4-3-8(14-2)6-10(9)15-7/h3-4,6-7H,5H2,1-2H3,(H,12,13). The summed E-state index contributed by atoms with van der Waals surface area (Å²) < 4.78 is 5.16. The monoisotopic (exact) mass is 223 g/mol. The number of carbonyl (C=O) groups is 1. The third-order valence-electron chi connectivity index (χ3n) is 2.26. The van der Waals surface area contributed by atoms with Crippen molar-refractivity contribution in [2.75, 3.05) is 12.4 Å². The number of nitrogens with one attached hydrogen (secondary N) is 1. The van der Waals surface area contributed by atoms with E-state index in [2.05, 4.69) is 12.2 Å². The number of thioether (sulfide) groups is 1. The van der Waals surface area contributed by atoms with Crippen LogP contribution in [0.15, 0.2) is 23.1 Å². The number of hydrogen-bond acceptors (Lipinski definition) is 3. The van der Waals surface area contributed by atoms with Gasteiger partial charge in [-0.15, -0.1) is 11.8 Å². The number of methoxy groups -OCH3 is 1. The highest BCUT2D eigenvalue weighted by molar-refractivity contribution is 8.00. The summed E-state index contributed by atoms with van der Waals surface area (Å²) >= 11 is 1.70. The molecule has 0 spiro atoms. The first kappa shape index (κ1) is 10.4. The van der Waals surface area contributed by atoms with Gasteiger partial charge in [0.25, 0.3) is 0 Å². The SMILES string of the molecule is COc1ccc2c(c1)SC(C)CC(=O)N2. The minimum absolute atomic E-state index is 0.0823. The number of hydrogen-bond donors (Lipinski definition) is 1. The molecule has 1 atom stereocenters. The molecular weight excluding hydrogens is 210 g/mol. The second-order valence-corrected chi connectivity index (χ2v) is 5.02. The van der Waals surface area contributed by atoms with E-state index in [-0.39, 0.29) is 5.91 Å². The smallest absolute Gasteiger partial charge is 0.225 e. The maximum Gasteiger partial charge on any atom is 0.225 e. The fraction of sp³-hybridized carbons (Fsp3) is 0.364.